The van der Waals surface area contributed by atoms with E-state index >= 15 is 0 Å². The van der Waals surface area contributed by atoms with Crippen molar-refractivity contribution in [3.8, 4) is 17.0 Å². The fourth-order valence-corrected chi connectivity index (χ4v) is 3.90. The van der Waals surface area contributed by atoms with Crippen molar-refractivity contribution in [2.75, 3.05) is 0 Å². The molecule has 0 aliphatic heterocycles. The van der Waals surface area contributed by atoms with Crippen LogP contribution in [0.5, 0.6) is 5.75 Å². The largest absolute Gasteiger partial charge is 0.744 e. The molecule has 5 nitrogen and oxygen atoms in total. The third kappa shape index (κ3) is 4.77. The molecule has 0 saturated carbocycles. The Kier molecular flexibility index (Phi) is 5.90. The van der Waals surface area contributed by atoms with Crippen LogP contribution in [0, 0.1) is 6.92 Å². The first-order valence-corrected chi connectivity index (χ1v) is 11.4. The number of hydrogen-bond donors (Lipinski definition) is 1. The number of H-pyrrole nitrogens is 1. The molecule has 0 atom stereocenters. The molecule has 6 heteroatoms. The summed E-state index contributed by atoms with van der Waals surface area (Å²) in [5, 5.41) is 13.4. The van der Waals surface area contributed by atoms with Crippen molar-refractivity contribution in [1.29, 1.82) is 0 Å². The molecule has 5 aromatic rings. The van der Waals surface area contributed by atoms with Gasteiger partial charge in [0.1, 0.15) is 15.9 Å². The van der Waals surface area contributed by atoms with Crippen LogP contribution in [-0.2, 0) is 10.1 Å². The van der Waals surface area contributed by atoms with Crippen molar-refractivity contribution in [1.82, 2.24) is 0 Å². The standard InChI is InChI=1S/C19H13NO.C7H8O3S/c21-19-12-18(20-17-8-4-3-7-16(17)19)15-10-9-13-5-1-2-6-14(13)11-15;1-6-2-4-7(5-3-6)11(8,9)10/h1-12H,(H,20,21);2-5H,1H3,(H,8,9,10). The van der Waals surface area contributed by atoms with Crippen molar-refractivity contribution >= 4 is 31.8 Å². The molecule has 0 fully saturated rings. The van der Waals surface area contributed by atoms with Crippen molar-refractivity contribution < 1.29 is 23.1 Å². The zero-order valence-corrected chi connectivity index (χ0v) is 18.1. The minimum Gasteiger partial charge on any atom is -0.744 e. The molecule has 1 heterocycles. The Morgan fingerprint density at radius 3 is 2.16 bits per heavy atom. The molecule has 160 valence electrons. The maximum absolute atomic E-state index is 10.4. The molecule has 1 aromatic heterocycles. The van der Waals surface area contributed by atoms with Crippen molar-refractivity contribution in [3.05, 3.63) is 103 Å². The second kappa shape index (κ2) is 8.78. The van der Waals surface area contributed by atoms with Gasteiger partial charge in [-0.05, 0) is 48.0 Å². The molecule has 0 spiro atoms. The van der Waals surface area contributed by atoms with Gasteiger partial charge >= 0.3 is 0 Å². The monoisotopic (exact) mass is 443 g/mol. The third-order valence-corrected chi connectivity index (χ3v) is 5.97. The van der Waals surface area contributed by atoms with E-state index in [4.69, 9.17) is 0 Å². The van der Waals surface area contributed by atoms with Gasteiger partial charge in [-0.15, -0.1) is 0 Å². The molecule has 0 saturated heterocycles. The molecule has 0 unspecified atom stereocenters. The first-order valence-electron chi connectivity index (χ1n) is 9.97. The van der Waals surface area contributed by atoms with Crippen LogP contribution < -0.4 is 4.98 Å². The average molecular weight is 444 g/mol. The Morgan fingerprint density at radius 2 is 1.44 bits per heavy atom. The van der Waals surface area contributed by atoms with Crippen LogP contribution in [0.15, 0.2) is 102 Å². The Morgan fingerprint density at radius 1 is 0.781 bits per heavy atom. The van der Waals surface area contributed by atoms with E-state index in [1.54, 1.807) is 18.2 Å². The molecule has 0 aliphatic rings. The Labute approximate surface area is 186 Å². The molecule has 4 aromatic carbocycles. The van der Waals surface area contributed by atoms with Gasteiger partial charge in [0.25, 0.3) is 0 Å². The first kappa shape index (κ1) is 21.5. The van der Waals surface area contributed by atoms with E-state index < -0.39 is 10.1 Å². The van der Waals surface area contributed by atoms with E-state index in [9.17, 15) is 18.1 Å². The van der Waals surface area contributed by atoms with Crippen LogP contribution in [0.4, 0.5) is 0 Å². The van der Waals surface area contributed by atoms with Crippen molar-refractivity contribution in [3.63, 3.8) is 0 Å². The minimum atomic E-state index is -4.27. The molecule has 0 bridgehead atoms. The van der Waals surface area contributed by atoms with E-state index in [-0.39, 0.29) is 4.90 Å². The zero-order valence-electron chi connectivity index (χ0n) is 17.3. The highest BCUT2D eigenvalue weighted by Crippen LogP contribution is 2.28. The number of aromatic nitrogens is 1. The van der Waals surface area contributed by atoms with E-state index in [0.29, 0.717) is 5.75 Å². The molecule has 32 heavy (non-hydrogen) atoms. The summed E-state index contributed by atoms with van der Waals surface area (Å²) < 4.78 is 31.2. The number of aromatic hydroxyl groups is 1. The third-order valence-electron chi connectivity index (χ3n) is 5.12. The van der Waals surface area contributed by atoms with Gasteiger partial charge < -0.3 is 9.66 Å². The maximum Gasteiger partial charge on any atom is 0.215 e. The summed E-state index contributed by atoms with van der Waals surface area (Å²) in [6.07, 6.45) is 0. The Balaban J connectivity index is 0.000000189. The van der Waals surface area contributed by atoms with E-state index in [0.717, 1.165) is 27.7 Å². The second-order valence-corrected chi connectivity index (χ2v) is 8.82. The lowest BCUT2D eigenvalue weighted by Crippen LogP contribution is -2.07. The molecule has 5 rings (SSSR count). The summed E-state index contributed by atoms with van der Waals surface area (Å²) in [4.78, 5) is 3.21. The topological polar surface area (TPSA) is 91.6 Å². The lowest BCUT2D eigenvalue weighted by molar-refractivity contribution is -0.331. The van der Waals surface area contributed by atoms with Gasteiger partial charge in [-0.2, -0.15) is 0 Å². The van der Waals surface area contributed by atoms with E-state index in [1.807, 2.05) is 43.3 Å². The summed E-state index contributed by atoms with van der Waals surface area (Å²) in [5.74, 6) is 0.299. The highest BCUT2D eigenvalue weighted by molar-refractivity contribution is 7.85. The number of hydrogen-bond acceptors (Lipinski definition) is 4. The molecule has 0 radical (unpaired) electrons. The highest BCUT2D eigenvalue weighted by atomic mass is 32.2. The van der Waals surface area contributed by atoms with Crippen LogP contribution in [0.25, 0.3) is 32.9 Å². The van der Waals surface area contributed by atoms with Crippen molar-refractivity contribution in [2.24, 2.45) is 0 Å². The molecular formula is C26H21NO4S. The summed E-state index contributed by atoms with van der Waals surface area (Å²) in [5.41, 5.74) is 3.84. The SMILES string of the molecule is Cc1ccc(S(=O)(=O)[O-])cc1.Oc1cc(-c2ccc3ccccc3c2)[nH+]c2ccccc12. The predicted octanol–water partition coefficient (Wildman–Crippen LogP) is 5.08. The average Bonchev–Trinajstić information content (AvgIpc) is 2.79. The molecule has 0 aliphatic carbocycles. The number of pyridine rings is 1. The Bertz CT molecular complexity index is 1510. The van der Waals surface area contributed by atoms with E-state index in [1.165, 1.54) is 22.9 Å². The molecule has 0 amide bonds. The summed E-state index contributed by atoms with van der Waals surface area (Å²) in [7, 11) is -4.27. The number of rotatable bonds is 2. The van der Waals surface area contributed by atoms with Gasteiger partial charge in [-0.1, -0.05) is 60.2 Å². The number of aromatic amines is 1. The fraction of sp³-hybridized carbons (Fsp3) is 0.0385. The number of fused-ring (bicyclic) bond motifs is 2. The fourth-order valence-electron chi connectivity index (χ4n) is 3.43. The normalized spacial score (nSPS) is 11.2. The lowest BCUT2D eigenvalue weighted by Gasteiger charge is -2.05. The van der Waals surface area contributed by atoms with Gasteiger partial charge in [0.2, 0.25) is 11.2 Å². The maximum atomic E-state index is 10.4. The van der Waals surface area contributed by atoms with Crippen LogP contribution in [0.3, 0.4) is 0 Å². The Hall–Kier alpha value is -3.74. The van der Waals surface area contributed by atoms with Gasteiger partial charge in [0, 0.05) is 11.6 Å². The first-order chi connectivity index (χ1) is 15.3. The summed E-state index contributed by atoms with van der Waals surface area (Å²) in [6, 6.07) is 29.9. The molecular weight excluding hydrogens is 422 g/mol. The van der Waals surface area contributed by atoms with Crippen LogP contribution in [0.2, 0.25) is 0 Å². The lowest BCUT2D eigenvalue weighted by atomic mass is 10.0. The van der Waals surface area contributed by atoms with Crippen LogP contribution in [0.1, 0.15) is 5.56 Å². The second-order valence-electron chi connectivity index (χ2n) is 7.44. The number of benzene rings is 4. The summed E-state index contributed by atoms with van der Waals surface area (Å²) in [6.45, 7) is 1.82. The van der Waals surface area contributed by atoms with Gasteiger partial charge in [-0.25, -0.2) is 13.4 Å². The quantitative estimate of drug-likeness (QED) is 0.385. The number of nitrogens with one attached hydrogen (secondary N) is 1. The predicted molar refractivity (Wildman–Crippen MR) is 124 cm³/mol. The van der Waals surface area contributed by atoms with E-state index in [2.05, 4.69) is 35.3 Å². The van der Waals surface area contributed by atoms with Gasteiger partial charge in [-0.3, -0.25) is 0 Å². The number of aryl methyl sites for hydroxylation is 1. The molecule has 2 N–H and O–H groups in total. The van der Waals surface area contributed by atoms with Gasteiger partial charge in [0.15, 0.2) is 0 Å². The van der Waals surface area contributed by atoms with Crippen molar-refractivity contribution in [2.45, 2.75) is 11.8 Å². The smallest absolute Gasteiger partial charge is 0.215 e. The highest BCUT2D eigenvalue weighted by Gasteiger charge is 2.12. The van der Waals surface area contributed by atoms with Crippen LogP contribution >= 0.6 is 0 Å². The minimum absolute atomic E-state index is 0.178. The summed E-state index contributed by atoms with van der Waals surface area (Å²) >= 11 is 0. The van der Waals surface area contributed by atoms with Gasteiger partial charge in [0.05, 0.1) is 16.3 Å². The zero-order chi connectivity index (χ0) is 22.7. The number of para-hydroxylation sites is 1. The van der Waals surface area contributed by atoms with Crippen LogP contribution in [-0.4, -0.2) is 18.1 Å².